The van der Waals surface area contributed by atoms with Crippen molar-refractivity contribution in [3.63, 3.8) is 0 Å². The number of aliphatic hydroxyl groups excluding tert-OH is 1. The molecule has 1 aromatic rings. The molecule has 0 amide bonds. The monoisotopic (exact) mass is 299 g/mol. The van der Waals surface area contributed by atoms with E-state index in [-0.39, 0.29) is 0 Å². The number of benzene rings is 1. The first-order valence-electron chi connectivity index (χ1n) is 5.91. The molecule has 1 aliphatic heterocycles. The van der Waals surface area contributed by atoms with Gasteiger partial charge in [0.15, 0.2) is 0 Å². The first-order chi connectivity index (χ1) is 8.09. The summed E-state index contributed by atoms with van der Waals surface area (Å²) >= 11 is 3.58. The van der Waals surface area contributed by atoms with Crippen LogP contribution in [0.25, 0.3) is 0 Å². The molecule has 0 aliphatic carbocycles. The summed E-state index contributed by atoms with van der Waals surface area (Å²) in [5.74, 6) is 0. The Kier molecular flexibility index (Phi) is 4.07. The Morgan fingerprint density at radius 2 is 2.29 bits per heavy atom. The molecule has 3 nitrogen and oxygen atoms in total. The molecule has 0 bridgehead atoms. The third-order valence-corrected chi connectivity index (χ3v) is 3.77. The first kappa shape index (κ1) is 12.9. The van der Waals surface area contributed by atoms with Gasteiger partial charge in [0.25, 0.3) is 0 Å². The second-order valence-corrected chi connectivity index (χ2v) is 5.36. The summed E-state index contributed by atoms with van der Waals surface area (Å²) in [6.07, 6.45) is -0.428. The van der Waals surface area contributed by atoms with Gasteiger partial charge in [-0.2, -0.15) is 0 Å². The van der Waals surface area contributed by atoms with Gasteiger partial charge in [0.05, 0.1) is 25.0 Å². The Hall–Kier alpha value is -0.580. The molecule has 2 rings (SSSR count). The lowest BCUT2D eigenvalue weighted by Crippen LogP contribution is -2.43. The summed E-state index contributed by atoms with van der Waals surface area (Å²) < 4.78 is 6.47. The van der Waals surface area contributed by atoms with Gasteiger partial charge in [-0.05, 0) is 47.5 Å². The first-order valence-corrected chi connectivity index (χ1v) is 6.71. The van der Waals surface area contributed by atoms with Crippen LogP contribution in [0.3, 0.4) is 0 Å². The van der Waals surface area contributed by atoms with Crippen molar-refractivity contribution in [2.45, 2.75) is 26.0 Å². The van der Waals surface area contributed by atoms with Gasteiger partial charge in [0, 0.05) is 17.1 Å². The predicted octanol–water partition coefficient (Wildman–Crippen LogP) is 2.73. The average Bonchev–Trinajstić information content (AvgIpc) is 2.30. The molecule has 4 heteroatoms. The van der Waals surface area contributed by atoms with Crippen molar-refractivity contribution < 1.29 is 9.84 Å². The Bertz CT molecular complexity index is 395. The highest BCUT2D eigenvalue weighted by Crippen LogP contribution is 2.31. The number of hydrogen-bond acceptors (Lipinski definition) is 3. The lowest BCUT2D eigenvalue weighted by molar-refractivity contribution is 0.0989. The summed E-state index contributed by atoms with van der Waals surface area (Å²) in [6.45, 7) is 6.39. The van der Waals surface area contributed by atoms with Crippen LogP contribution in [0.15, 0.2) is 22.7 Å². The maximum Gasteiger partial charge on any atom is 0.0762 e. The minimum Gasteiger partial charge on any atom is -0.389 e. The SMILES string of the molecule is CC(O)c1ccc(N2CCOCC2C)c(Br)c1. The van der Waals surface area contributed by atoms with Crippen molar-refractivity contribution in [2.75, 3.05) is 24.7 Å². The molecular weight excluding hydrogens is 282 g/mol. The molecule has 0 saturated carbocycles. The van der Waals surface area contributed by atoms with Gasteiger partial charge in [-0.1, -0.05) is 6.07 Å². The highest BCUT2D eigenvalue weighted by Gasteiger charge is 2.21. The third kappa shape index (κ3) is 2.81. The average molecular weight is 300 g/mol. The molecule has 1 aliphatic rings. The van der Waals surface area contributed by atoms with Gasteiger partial charge in [-0.25, -0.2) is 0 Å². The number of halogens is 1. The summed E-state index contributed by atoms with van der Waals surface area (Å²) in [6, 6.07) is 6.42. The van der Waals surface area contributed by atoms with E-state index < -0.39 is 6.10 Å². The van der Waals surface area contributed by atoms with E-state index in [2.05, 4.69) is 33.8 Å². The largest absolute Gasteiger partial charge is 0.389 e. The molecule has 1 fully saturated rings. The molecule has 1 saturated heterocycles. The normalized spacial score (nSPS) is 22.6. The summed E-state index contributed by atoms with van der Waals surface area (Å²) in [4.78, 5) is 2.33. The van der Waals surface area contributed by atoms with Crippen LogP contribution in [0.5, 0.6) is 0 Å². The van der Waals surface area contributed by atoms with Crippen LogP contribution in [0.2, 0.25) is 0 Å². The molecule has 0 aromatic heterocycles. The molecule has 0 radical (unpaired) electrons. The van der Waals surface area contributed by atoms with E-state index >= 15 is 0 Å². The van der Waals surface area contributed by atoms with E-state index in [1.165, 1.54) is 5.69 Å². The van der Waals surface area contributed by atoms with Crippen LogP contribution < -0.4 is 4.90 Å². The van der Waals surface area contributed by atoms with Crippen LogP contribution in [0, 0.1) is 0 Å². The quantitative estimate of drug-likeness (QED) is 0.911. The van der Waals surface area contributed by atoms with Gasteiger partial charge in [-0.3, -0.25) is 0 Å². The summed E-state index contributed by atoms with van der Waals surface area (Å²) in [7, 11) is 0. The maximum atomic E-state index is 9.55. The smallest absolute Gasteiger partial charge is 0.0762 e. The van der Waals surface area contributed by atoms with Crippen molar-refractivity contribution in [1.82, 2.24) is 0 Å². The maximum absolute atomic E-state index is 9.55. The van der Waals surface area contributed by atoms with Gasteiger partial charge >= 0.3 is 0 Å². The zero-order valence-electron chi connectivity index (χ0n) is 10.2. The molecular formula is C13H18BrNO2. The Morgan fingerprint density at radius 1 is 1.53 bits per heavy atom. The van der Waals surface area contributed by atoms with Crippen LogP contribution >= 0.6 is 15.9 Å². The number of rotatable bonds is 2. The predicted molar refractivity (Wildman–Crippen MR) is 72.4 cm³/mol. The van der Waals surface area contributed by atoms with E-state index in [1.807, 2.05) is 12.1 Å². The summed E-state index contributed by atoms with van der Waals surface area (Å²) in [5, 5.41) is 9.55. The van der Waals surface area contributed by atoms with Crippen LogP contribution in [-0.2, 0) is 4.74 Å². The van der Waals surface area contributed by atoms with E-state index in [0.717, 1.165) is 29.8 Å². The van der Waals surface area contributed by atoms with Crippen LogP contribution in [-0.4, -0.2) is 30.9 Å². The van der Waals surface area contributed by atoms with Crippen molar-refractivity contribution in [1.29, 1.82) is 0 Å². The minimum absolute atomic E-state index is 0.387. The lowest BCUT2D eigenvalue weighted by Gasteiger charge is -2.36. The Morgan fingerprint density at radius 3 is 2.88 bits per heavy atom. The second kappa shape index (κ2) is 5.38. The summed E-state index contributed by atoms with van der Waals surface area (Å²) in [5.41, 5.74) is 2.10. The number of ether oxygens (including phenoxy) is 1. The molecule has 1 aromatic carbocycles. The molecule has 1 N–H and O–H groups in total. The fourth-order valence-electron chi connectivity index (χ4n) is 2.10. The van der Waals surface area contributed by atoms with Gasteiger partial charge in [-0.15, -0.1) is 0 Å². The van der Waals surface area contributed by atoms with Crippen molar-refractivity contribution in [3.8, 4) is 0 Å². The fourth-order valence-corrected chi connectivity index (χ4v) is 2.73. The molecule has 2 atom stereocenters. The molecule has 17 heavy (non-hydrogen) atoms. The second-order valence-electron chi connectivity index (χ2n) is 4.50. The molecule has 2 unspecified atom stereocenters. The van der Waals surface area contributed by atoms with Crippen LogP contribution in [0.1, 0.15) is 25.5 Å². The highest BCUT2D eigenvalue weighted by atomic mass is 79.9. The van der Waals surface area contributed by atoms with E-state index in [4.69, 9.17) is 4.74 Å². The van der Waals surface area contributed by atoms with E-state index in [0.29, 0.717) is 6.04 Å². The zero-order chi connectivity index (χ0) is 12.4. The highest BCUT2D eigenvalue weighted by molar-refractivity contribution is 9.10. The Labute approximate surface area is 111 Å². The molecule has 94 valence electrons. The minimum atomic E-state index is -0.428. The van der Waals surface area contributed by atoms with Crippen molar-refractivity contribution in [3.05, 3.63) is 28.2 Å². The Balaban J connectivity index is 2.26. The fraction of sp³-hybridized carbons (Fsp3) is 0.538. The topological polar surface area (TPSA) is 32.7 Å². The van der Waals surface area contributed by atoms with Gasteiger partial charge in [0.2, 0.25) is 0 Å². The van der Waals surface area contributed by atoms with Crippen LogP contribution in [0.4, 0.5) is 5.69 Å². The molecule has 1 heterocycles. The van der Waals surface area contributed by atoms with Crippen molar-refractivity contribution >= 4 is 21.6 Å². The number of anilines is 1. The number of aliphatic hydroxyl groups is 1. The number of morpholine rings is 1. The number of hydrogen-bond donors (Lipinski definition) is 1. The van der Waals surface area contributed by atoms with E-state index in [9.17, 15) is 5.11 Å². The number of nitrogens with zero attached hydrogens (tertiary/aromatic N) is 1. The third-order valence-electron chi connectivity index (χ3n) is 3.13. The van der Waals surface area contributed by atoms with Crippen molar-refractivity contribution in [2.24, 2.45) is 0 Å². The van der Waals surface area contributed by atoms with Gasteiger partial charge < -0.3 is 14.7 Å². The lowest BCUT2D eigenvalue weighted by atomic mass is 10.1. The molecule has 0 spiro atoms. The van der Waals surface area contributed by atoms with E-state index in [1.54, 1.807) is 6.92 Å². The van der Waals surface area contributed by atoms with Gasteiger partial charge in [0.1, 0.15) is 0 Å². The standard InChI is InChI=1S/C13H18BrNO2/c1-9-8-17-6-5-15(9)13-4-3-11(10(2)16)7-12(13)14/h3-4,7,9-10,16H,5-6,8H2,1-2H3. The zero-order valence-corrected chi connectivity index (χ0v) is 11.8.